The van der Waals surface area contributed by atoms with Crippen LogP contribution in [0.3, 0.4) is 0 Å². The number of benzene rings is 1. The van der Waals surface area contributed by atoms with Crippen LogP contribution in [0.1, 0.15) is 44.2 Å². The highest BCUT2D eigenvalue weighted by Crippen LogP contribution is 2.21. The van der Waals surface area contributed by atoms with Gasteiger partial charge in [0.1, 0.15) is 0 Å². The highest BCUT2D eigenvalue weighted by molar-refractivity contribution is 5.91. The molecular weight excluding hydrogens is 186 g/mol. The summed E-state index contributed by atoms with van der Waals surface area (Å²) in [6.07, 6.45) is 0.519. The molecule has 15 heavy (non-hydrogen) atoms. The molecule has 2 nitrogen and oxygen atoms in total. The van der Waals surface area contributed by atoms with Crippen LogP contribution in [-0.2, 0) is 4.79 Å². The summed E-state index contributed by atoms with van der Waals surface area (Å²) in [5.74, 6) is 0.593. The van der Waals surface area contributed by atoms with Gasteiger partial charge in [-0.2, -0.15) is 0 Å². The highest BCUT2D eigenvalue weighted by atomic mass is 16.1. The van der Waals surface area contributed by atoms with Gasteiger partial charge >= 0.3 is 0 Å². The molecule has 0 aliphatic heterocycles. The van der Waals surface area contributed by atoms with Crippen LogP contribution in [-0.4, -0.2) is 5.91 Å². The second-order valence-electron chi connectivity index (χ2n) is 4.13. The van der Waals surface area contributed by atoms with E-state index in [9.17, 15) is 4.79 Å². The van der Waals surface area contributed by atoms with Gasteiger partial charge in [-0.05, 0) is 30.0 Å². The summed E-state index contributed by atoms with van der Waals surface area (Å²) in [4.78, 5) is 11.2. The molecule has 0 saturated heterocycles. The molecule has 1 aromatic carbocycles. The van der Waals surface area contributed by atoms with Crippen molar-refractivity contribution in [2.75, 3.05) is 5.32 Å². The molecule has 0 saturated carbocycles. The zero-order chi connectivity index (χ0) is 11.4. The van der Waals surface area contributed by atoms with Crippen molar-refractivity contribution in [2.45, 2.75) is 40.0 Å². The number of carbonyl (C=O) groups is 1. The van der Waals surface area contributed by atoms with Gasteiger partial charge in [-0.15, -0.1) is 0 Å². The van der Waals surface area contributed by atoms with Crippen molar-refractivity contribution in [3.05, 3.63) is 29.3 Å². The zero-order valence-electron chi connectivity index (χ0n) is 9.92. The lowest BCUT2D eigenvalue weighted by molar-refractivity contribution is -0.115. The lowest BCUT2D eigenvalue weighted by atomic mass is 10.0. The van der Waals surface area contributed by atoms with E-state index in [0.29, 0.717) is 12.3 Å². The molecule has 0 aromatic heterocycles. The minimum Gasteiger partial charge on any atom is -0.326 e. The van der Waals surface area contributed by atoms with E-state index in [1.165, 1.54) is 5.56 Å². The Kier molecular flexibility index (Phi) is 3.89. The fraction of sp³-hybridized carbons (Fsp3) is 0.462. The van der Waals surface area contributed by atoms with Crippen LogP contribution in [0.25, 0.3) is 0 Å². The van der Waals surface area contributed by atoms with E-state index in [4.69, 9.17) is 0 Å². The maximum atomic E-state index is 11.2. The maximum absolute atomic E-state index is 11.2. The average molecular weight is 205 g/mol. The quantitative estimate of drug-likeness (QED) is 0.804. The Morgan fingerprint density at radius 3 is 2.53 bits per heavy atom. The SMILES string of the molecule is CCC(=O)Nc1ccc(C(C)C)cc1C. The number of carbonyl (C=O) groups excluding carboxylic acids is 1. The van der Waals surface area contributed by atoms with Crippen LogP contribution < -0.4 is 5.32 Å². The van der Waals surface area contributed by atoms with Gasteiger partial charge in [0, 0.05) is 12.1 Å². The Bertz CT molecular complexity index is 356. The zero-order valence-corrected chi connectivity index (χ0v) is 9.92. The molecule has 0 fully saturated rings. The minimum atomic E-state index is 0.0652. The Balaban J connectivity index is 2.88. The van der Waals surface area contributed by atoms with E-state index in [0.717, 1.165) is 11.3 Å². The van der Waals surface area contributed by atoms with E-state index in [1.807, 2.05) is 19.9 Å². The van der Waals surface area contributed by atoms with Crippen LogP contribution >= 0.6 is 0 Å². The van der Waals surface area contributed by atoms with E-state index in [1.54, 1.807) is 0 Å². The predicted molar refractivity (Wildman–Crippen MR) is 64.2 cm³/mol. The second kappa shape index (κ2) is 4.96. The minimum absolute atomic E-state index is 0.0652. The molecule has 0 aliphatic carbocycles. The summed E-state index contributed by atoms with van der Waals surface area (Å²) in [6.45, 7) is 8.21. The van der Waals surface area contributed by atoms with Crippen molar-refractivity contribution in [1.82, 2.24) is 0 Å². The first-order chi connectivity index (χ1) is 7.04. The van der Waals surface area contributed by atoms with Gasteiger partial charge in [0.15, 0.2) is 0 Å². The summed E-state index contributed by atoms with van der Waals surface area (Å²) >= 11 is 0. The van der Waals surface area contributed by atoms with Crippen LogP contribution in [0, 0.1) is 6.92 Å². The molecule has 0 aliphatic rings. The summed E-state index contributed by atoms with van der Waals surface area (Å²) < 4.78 is 0. The molecular formula is C13H19NO. The topological polar surface area (TPSA) is 29.1 Å². The van der Waals surface area contributed by atoms with E-state index in [-0.39, 0.29) is 5.91 Å². The van der Waals surface area contributed by atoms with E-state index < -0.39 is 0 Å². The largest absolute Gasteiger partial charge is 0.326 e. The van der Waals surface area contributed by atoms with Gasteiger partial charge in [0.2, 0.25) is 5.91 Å². The molecule has 0 bridgehead atoms. The van der Waals surface area contributed by atoms with Gasteiger partial charge < -0.3 is 5.32 Å². The van der Waals surface area contributed by atoms with Gasteiger partial charge in [-0.1, -0.05) is 32.9 Å². The number of rotatable bonds is 3. The number of hydrogen-bond donors (Lipinski definition) is 1. The van der Waals surface area contributed by atoms with Crippen LogP contribution in [0.4, 0.5) is 5.69 Å². The van der Waals surface area contributed by atoms with Crippen LogP contribution in [0.15, 0.2) is 18.2 Å². The second-order valence-corrected chi connectivity index (χ2v) is 4.13. The number of amides is 1. The highest BCUT2D eigenvalue weighted by Gasteiger charge is 2.05. The van der Waals surface area contributed by atoms with Gasteiger partial charge in [-0.3, -0.25) is 4.79 Å². The lowest BCUT2D eigenvalue weighted by Crippen LogP contribution is -2.10. The van der Waals surface area contributed by atoms with Crippen molar-refractivity contribution in [2.24, 2.45) is 0 Å². The van der Waals surface area contributed by atoms with E-state index >= 15 is 0 Å². The van der Waals surface area contributed by atoms with Crippen molar-refractivity contribution < 1.29 is 4.79 Å². The van der Waals surface area contributed by atoms with Crippen LogP contribution in [0.5, 0.6) is 0 Å². The van der Waals surface area contributed by atoms with E-state index in [2.05, 4.69) is 31.3 Å². The number of nitrogens with one attached hydrogen (secondary N) is 1. The molecule has 2 heteroatoms. The molecule has 1 aromatic rings. The lowest BCUT2D eigenvalue weighted by Gasteiger charge is -2.11. The molecule has 0 atom stereocenters. The third kappa shape index (κ3) is 3.08. The summed E-state index contributed by atoms with van der Waals surface area (Å²) in [5.41, 5.74) is 3.36. The standard InChI is InChI=1S/C13H19NO/c1-5-13(15)14-12-7-6-11(9(2)3)8-10(12)4/h6-9H,5H2,1-4H3,(H,14,15). The summed E-state index contributed by atoms with van der Waals surface area (Å²) in [6, 6.07) is 6.19. The summed E-state index contributed by atoms with van der Waals surface area (Å²) in [7, 11) is 0. The average Bonchev–Trinajstić information content (AvgIpc) is 2.20. The molecule has 0 heterocycles. The number of hydrogen-bond acceptors (Lipinski definition) is 1. The summed E-state index contributed by atoms with van der Waals surface area (Å²) in [5, 5.41) is 2.89. The van der Waals surface area contributed by atoms with Gasteiger partial charge in [-0.25, -0.2) is 0 Å². The predicted octanol–water partition coefficient (Wildman–Crippen LogP) is 3.47. The van der Waals surface area contributed by atoms with Gasteiger partial charge in [0.25, 0.3) is 0 Å². The van der Waals surface area contributed by atoms with Crippen molar-refractivity contribution >= 4 is 11.6 Å². The molecule has 82 valence electrons. The third-order valence-electron chi connectivity index (χ3n) is 2.51. The molecule has 0 spiro atoms. The smallest absolute Gasteiger partial charge is 0.224 e. The van der Waals surface area contributed by atoms with Crippen LogP contribution in [0.2, 0.25) is 0 Å². The van der Waals surface area contributed by atoms with Crippen molar-refractivity contribution in [3.63, 3.8) is 0 Å². The fourth-order valence-corrected chi connectivity index (χ4v) is 1.42. The molecule has 0 radical (unpaired) electrons. The first-order valence-electron chi connectivity index (χ1n) is 5.45. The molecule has 1 rings (SSSR count). The van der Waals surface area contributed by atoms with Crippen molar-refractivity contribution in [1.29, 1.82) is 0 Å². The number of anilines is 1. The van der Waals surface area contributed by atoms with Gasteiger partial charge in [0.05, 0.1) is 0 Å². The first kappa shape index (κ1) is 11.8. The van der Waals surface area contributed by atoms with Crippen molar-refractivity contribution in [3.8, 4) is 0 Å². The normalized spacial score (nSPS) is 10.5. The Morgan fingerprint density at radius 1 is 1.40 bits per heavy atom. The first-order valence-corrected chi connectivity index (χ1v) is 5.45. The monoisotopic (exact) mass is 205 g/mol. The molecule has 1 N–H and O–H groups in total. The third-order valence-corrected chi connectivity index (χ3v) is 2.51. The maximum Gasteiger partial charge on any atom is 0.224 e. The molecule has 0 unspecified atom stereocenters. The fourth-order valence-electron chi connectivity index (χ4n) is 1.42. The number of aryl methyl sites for hydroxylation is 1. The Labute approximate surface area is 91.7 Å². The molecule has 1 amide bonds. The Morgan fingerprint density at radius 2 is 2.07 bits per heavy atom. The Hall–Kier alpha value is -1.31.